The summed E-state index contributed by atoms with van der Waals surface area (Å²) in [6.07, 6.45) is 11.0. The Bertz CT molecular complexity index is 1280. The van der Waals surface area contributed by atoms with Crippen molar-refractivity contribution in [2.24, 2.45) is 7.05 Å². The first kappa shape index (κ1) is 21.0. The number of β-amino-alcohol motifs (C(OH)–C–C–N with tert-alkyl or cyclic N) is 1. The summed E-state index contributed by atoms with van der Waals surface area (Å²) in [7, 11) is 1.90. The second kappa shape index (κ2) is 8.59. The molecule has 0 bridgehead atoms. The lowest BCUT2D eigenvalue weighted by Crippen LogP contribution is -2.46. The molecule has 1 aliphatic heterocycles. The van der Waals surface area contributed by atoms with Gasteiger partial charge >= 0.3 is 0 Å². The van der Waals surface area contributed by atoms with Crippen LogP contribution in [0.1, 0.15) is 19.4 Å². The lowest BCUT2D eigenvalue weighted by Gasteiger charge is -2.35. The van der Waals surface area contributed by atoms with Crippen molar-refractivity contribution in [1.29, 1.82) is 0 Å². The third-order valence-corrected chi connectivity index (χ3v) is 6.08. The summed E-state index contributed by atoms with van der Waals surface area (Å²) in [6.45, 7) is 2.46. The van der Waals surface area contributed by atoms with Crippen molar-refractivity contribution in [1.82, 2.24) is 34.4 Å². The third kappa shape index (κ3) is 4.27. The number of hydrogen-bond acceptors (Lipinski definition) is 6. The van der Waals surface area contributed by atoms with Gasteiger partial charge in [0.15, 0.2) is 5.82 Å². The van der Waals surface area contributed by atoms with E-state index >= 15 is 0 Å². The summed E-state index contributed by atoms with van der Waals surface area (Å²) in [5, 5.41) is 19.2. The summed E-state index contributed by atoms with van der Waals surface area (Å²) in [6, 6.07) is 7.91. The second-order valence-corrected chi connectivity index (χ2v) is 8.38. The van der Waals surface area contributed by atoms with Crippen LogP contribution in [-0.2, 0) is 11.8 Å². The van der Waals surface area contributed by atoms with Crippen molar-refractivity contribution in [3.05, 3.63) is 61.4 Å². The minimum absolute atomic E-state index is 0.0168. The zero-order chi connectivity index (χ0) is 22.9. The quantitative estimate of drug-likeness (QED) is 0.520. The van der Waals surface area contributed by atoms with Gasteiger partial charge < -0.3 is 10.0 Å². The Morgan fingerprint density at radius 3 is 2.39 bits per heavy atom. The average Bonchev–Trinajstić information content (AvgIpc) is 3.49. The molecule has 9 nitrogen and oxygen atoms in total. The number of carbonyl (C=O) groups is 1. The van der Waals surface area contributed by atoms with Crippen LogP contribution >= 0.6 is 0 Å². The molecule has 0 saturated carbocycles. The molecular weight excluding hydrogens is 418 g/mol. The molecule has 33 heavy (non-hydrogen) atoms. The Morgan fingerprint density at radius 1 is 0.970 bits per heavy atom. The number of likely N-dealkylation sites (tertiary alicyclic amines) is 1. The molecule has 1 N–H and O–H groups in total. The fraction of sp³-hybridized carbons (Fsp3) is 0.292. The molecule has 0 aliphatic carbocycles. The van der Waals surface area contributed by atoms with Gasteiger partial charge in [-0.1, -0.05) is 18.2 Å². The molecule has 1 saturated heterocycles. The van der Waals surface area contributed by atoms with Gasteiger partial charge in [0.1, 0.15) is 0 Å². The van der Waals surface area contributed by atoms with Crippen LogP contribution in [0.4, 0.5) is 0 Å². The fourth-order valence-electron chi connectivity index (χ4n) is 4.22. The number of carbonyl (C=O) groups excluding carboxylic acids is 1. The Morgan fingerprint density at radius 2 is 1.70 bits per heavy atom. The fourth-order valence-corrected chi connectivity index (χ4v) is 4.22. The van der Waals surface area contributed by atoms with Crippen LogP contribution < -0.4 is 0 Å². The van der Waals surface area contributed by atoms with Crippen molar-refractivity contribution < 1.29 is 9.90 Å². The summed E-state index contributed by atoms with van der Waals surface area (Å²) >= 11 is 0. The van der Waals surface area contributed by atoms with E-state index in [2.05, 4.69) is 26.2 Å². The van der Waals surface area contributed by atoms with Gasteiger partial charge in [0.25, 0.3) is 0 Å². The number of aliphatic hydroxyl groups is 1. The van der Waals surface area contributed by atoms with Gasteiger partial charge in [0.05, 0.1) is 24.5 Å². The molecule has 1 fully saturated rings. The van der Waals surface area contributed by atoms with Crippen LogP contribution in [0.2, 0.25) is 0 Å². The Labute approximate surface area is 191 Å². The molecule has 0 spiro atoms. The lowest BCUT2D eigenvalue weighted by molar-refractivity contribution is -0.133. The highest BCUT2D eigenvalue weighted by atomic mass is 16.3. The van der Waals surface area contributed by atoms with Gasteiger partial charge in [-0.05, 0) is 18.1 Å². The molecule has 4 aromatic rings. The van der Waals surface area contributed by atoms with Gasteiger partial charge in [0.2, 0.25) is 5.91 Å². The zero-order valence-electron chi connectivity index (χ0n) is 18.5. The Hall–Kier alpha value is -3.85. The maximum Gasteiger partial charge on any atom is 0.219 e. The predicted octanol–water partition coefficient (Wildman–Crippen LogP) is 2.56. The molecule has 5 rings (SSSR count). The molecule has 1 aromatic carbocycles. The van der Waals surface area contributed by atoms with Crippen molar-refractivity contribution in [3.8, 4) is 33.6 Å². The molecule has 9 heteroatoms. The normalized spacial score (nSPS) is 18.5. The number of aliphatic hydroxyl groups excluding tert-OH is 1. The molecule has 2 unspecified atom stereocenters. The molecular formula is C24H25N7O2. The summed E-state index contributed by atoms with van der Waals surface area (Å²) in [5.74, 6) is 0.626. The average molecular weight is 444 g/mol. The highest BCUT2D eigenvalue weighted by Gasteiger charge is 2.30. The Balaban J connectivity index is 1.33. The first-order chi connectivity index (χ1) is 16.0. The zero-order valence-corrected chi connectivity index (χ0v) is 18.5. The maximum absolute atomic E-state index is 11.6. The molecule has 0 radical (unpaired) electrons. The second-order valence-electron chi connectivity index (χ2n) is 8.38. The number of benzene rings is 1. The highest BCUT2D eigenvalue weighted by Crippen LogP contribution is 2.27. The number of aryl methyl sites for hydroxylation is 1. The number of amides is 1. The number of aromatic nitrogens is 6. The van der Waals surface area contributed by atoms with E-state index in [9.17, 15) is 9.90 Å². The van der Waals surface area contributed by atoms with Crippen LogP contribution in [0, 0.1) is 0 Å². The standard InChI is InChI=1S/C24H25N7O2/c1-16(32)30-7-6-22(23(33)15-30)31-14-21(12-28-31)19-9-25-24(26-10-19)18-5-3-4-17(8-18)20-11-27-29(2)13-20/h3-5,8-14,22-23,33H,6-7,15H2,1-2H3. The monoisotopic (exact) mass is 443 g/mol. The molecule has 4 heterocycles. The van der Waals surface area contributed by atoms with Gasteiger partial charge in [0, 0.05) is 74.1 Å². The van der Waals surface area contributed by atoms with E-state index in [1.807, 2.05) is 43.8 Å². The van der Waals surface area contributed by atoms with E-state index in [1.54, 1.807) is 32.9 Å². The molecule has 3 aromatic heterocycles. The minimum atomic E-state index is -0.652. The molecule has 1 aliphatic rings. The van der Waals surface area contributed by atoms with E-state index in [0.717, 1.165) is 27.8 Å². The van der Waals surface area contributed by atoms with Crippen LogP contribution in [0.25, 0.3) is 33.6 Å². The number of hydrogen-bond donors (Lipinski definition) is 1. The maximum atomic E-state index is 11.6. The van der Waals surface area contributed by atoms with Crippen molar-refractivity contribution in [3.63, 3.8) is 0 Å². The van der Waals surface area contributed by atoms with Gasteiger partial charge in [-0.15, -0.1) is 0 Å². The molecule has 2 atom stereocenters. The molecule has 1 amide bonds. The third-order valence-electron chi connectivity index (χ3n) is 6.08. The van der Waals surface area contributed by atoms with E-state index in [-0.39, 0.29) is 11.9 Å². The highest BCUT2D eigenvalue weighted by molar-refractivity contribution is 5.73. The topological polar surface area (TPSA) is 102 Å². The number of nitrogens with zero attached hydrogens (tertiary/aromatic N) is 7. The van der Waals surface area contributed by atoms with Crippen LogP contribution in [0.3, 0.4) is 0 Å². The SMILES string of the molecule is CC(=O)N1CCC(n2cc(-c3cnc(-c4cccc(-c5cnn(C)c5)c4)nc3)cn2)C(O)C1. The smallest absolute Gasteiger partial charge is 0.219 e. The van der Waals surface area contributed by atoms with E-state index in [1.165, 1.54) is 6.92 Å². The van der Waals surface area contributed by atoms with Crippen molar-refractivity contribution in [2.75, 3.05) is 13.1 Å². The number of rotatable bonds is 4. The predicted molar refractivity (Wildman–Crippen MR) is 123 cm³/mol. The summed E-state index contributed by atoms with van der Waals surface area (Å²) < 4.78 is 3.56. The van der Waals surface area contributed by atoms with Crippen LogP contribution in [0.15, 0.2) is 61.4 Å². The largest absolute Gasteiger partial charge is 0.389 e. The number of piperidine rings is 1. The molecule has 168 valence electrons. The van der Waals surface area contributed by atoms with Crippen molar-refractivity contribution in [2.45, 2.75) is 25.5 Å². The van der Waals surface area contributed by atoms with E-state index in [0.29, 0.717) is 25.3 Å². The van der Waals surface area contributed by atoms with E-state index < -0.39 is 6.10 Å². The summed E-state index contributed by atoms with van der Waals surface area (Å²) in [4.78, 5) is 22.4. The summed E-state index contributed by atoms with van der Waals surface area (Å²) in [5.41, 5.74) is 4.76. The minimum Gasteiger partial charge on any atom is -0.389 e. The Kier molecular flexibility index (Phi) is 5.47. The van der Waals surface area contributed by atoms with Crippen LogP contribution in [0.5, 0.6) is 0 Å². The van der Waals surface area contributed by atoms with Gasteiger partial charge in [-0.25, -0.2) is 9.97 Å². The van der Waals surface area contributed by atoms with Gasteiger partial charge in [-0.2, -0.15) is 10.2 Å². The van der Waals surface area contributed by atoms with E-state index in [4.69, 9.17) is 0 Å². The van der Waals surface area contributed by atoms with Gasteiger partial charge in [-0.3, -0.25) is 14.2 Å². The first-order valence-electron chi connectivity index (χ1n) is 10.9. The van der Waals surface area contributed by atoms with Crippen LogP contribution in [-0.4, -0.2) is 64.6 Å². The van der Waals surface area contributed by atoms with Crippen molar-refractivity contribution >= 4 is 5.91 Å². The lowest BCUT2D eigenvalue weighted by atomic mass is 10.0. The first-order valence-corrected chi connectivity index (χ1v) is 10.9.